The fourth-order valence-corrected chi connectivity index (χ4v) is 2.59. The third-order valence-corrected chi connectivity index (χ3v) is 3.49. The number of hydrogen-bond acceptors (Lipinski definition) is 4. The molecule has 3 rings (SSSR count). The van der Waals surface area contributed by atoms with Crippen molar-refractivity contribution in [3.63, 3.8) is 0 Å². The smallest absolute Gasteiger partial charge is 0.324 e. The van der Waals surface area contributed by atoms with Crippen molar-refractivity contribution in [2.45, 2.75) is 18.1 Å². The number of aromatic nitrogens is 1. The lowest BCUT2D eigenvalue weighted by Crippen LogP contribution is -2.33. The Morgan fingerprint density at radius 3 is 2.94 bits per heavy atom. The zero-order valence-corrected chi connectivity index (χ0v) is 9.67. The van der Waals surface area contributed by atoms with Crippen LogP contribution in [0.1, 0.15) is 11.5 Å². The highest BCUT2D eigenvalue weighted by Gasteiger charge is 2.43. The van der Waals surface area contributed by atoms with Crippen molar-refractivity contribution in [2.75, 3.05) is 6.61 Å². The number of nitrogens with two attached hydrogens (primary N) is 1. The number of benzene rings is 1. The minimum atomic E-state index is -0.721. The van der Waals surface area contributed by atoms with Gasteiger partial charge in [-0.1, -0.05) is 18.2 Å². The molecule has 4 N–H and O–H groups in total. The van der Waals surface area contributed by atoms with Crippen LogP contribution in [0.15, 0.2) is 30.5 Å². The maximum atomic E-state index is 11.5. The summed E-state index contributed by atoms with van der Waals surface area (Å²) >= 11 is 0. The van der Waals surface area contributed by atoms with E-state index in [-0.39, 0.29) is 12.5 Å². The molecule has 2 unspecified atom stereocenters. The van der Waals surface area contributed by atoms with Gasteiger partial charge in [0.15, 0.2) is 0 Å². The highest BCUT2D eigenvalue weighted by Crippen LogP contribution is 2.35. The van der Waals surface area contributed by atoms with Crippen LogP contribution in [0.2, 0.25) is 0 Å². The van der Waals surface area contributed by atoms with Crippen LogP contribution in [-0.4, -0.2) is 34.8 Å². The lowest BCUT2D eigenvalue weighted by molar-refractivity contribution is -0.143. The van der Waals surface area contributed by atoms with Gasteiger partial charge in [-0.3, -0.25) is 4.79 Å². The molecule has 0 amide bonds. The van der Waals surface area contributed by atoms with E-state index in [4.69, 9.17) is 10.5 Å². The molecule has 1 saturated heterocycles. The van der Waals surface area contributed by atoms with Crippen molar-refractivity contribution in [3.8, 4) is 0 Å². The third-order valence-electron chi connectivity index (χ3n) is 3.49. The molecule has 0 aliphatic carbocycles. The number of ether oxygens (including phenoxy) is 1. The molecule has 1 aromatic carbocycles. The molecule has 0 spiro atoms. The lowest BCUT2D eigenvalue weighted by atomic mass is 9.89. The van der Waals surface area contributed by atoms with Crippen LogP contribution >= 0.6 is 0 Å². The molecular formula is C13H14N2O3. The van der Waals surface area contributed by atoms with Gasteiger partial charge in [0.25, 0.3) is 0 Å². The summed E-state index contributed by atoms with van der Waals surface area (Å²) in [5, 5.41) is 10.3. The maximum Gasteiger partial charge on any atom is 0.324 e. The number of hydrogen-bond donors (Lipinski definition) is 3. The molecule has 1 fully saturated rings. The number of carbonyl (C=O) groups excluding carboxylic acids is 1. The van der Waals surface area contributed by atoms with Crippen molar-refractivity contribution in [1.82, 2.24) is 4.98 Å². The second-order valence-electron chi connectivity index (χ2n) is 4.50. The van der Waals surface area contributed by atoms with E-state index >= 15 is 0 Å². The summed E-state index contributed by atoms with van der Waals surface area (Å²) in [5.74, 6) is -0.761. The first-order valence-corrected chi connectivity index (χ1v) is 5.85. The molecule has 3 atom stereocenters. The van der Waals surface area contributed by atoms with Crippen LogP contribution in [0.25, 0.3) is 10.9 Å². The van der Waals surface area contributed by atoms with Gasteiger partial charge in [0.1, 0.15) is 12.1 Å². The second-order valence-corrected chi connectivity index (χ2v) is 4.50. The Bertz CT molecular complexity index is 593. The Balaban J connectivity index is 2.10. The molecule has 0 saturated carbocycles. The van der Waals surface area contributed by atoms with E-state index in [1.165, 1.54) is 0 Å². The third kappa shape index (κ3) is 1.52. The SMILES string of the molecule is NC1C(=O)O[C@H](CO)C1c1c[nH]c2ccccc12. The van der Waals surface area contributed by atoms with Gasteiger partial charge in [0.2, 0.25) is 0 Å². The number of rotatable bonds is 2. The Kier molecular flexibility index (Phi) is 2.57. The zero-order valence-electron chi connectivity index (χ0n) is 9.67. The number of aliphatic hydroxyl groups is 1. The number of aliphatic hydroxyl groups excluding tert-OH is 1. The van der Waals surface area contributed by atoms with Crippen molar-refractivity contribution in [2.24, 2.45) is 5.73 Å². The summed E-state index contributed by atoms with van der Waals surface area (Å²) in [5.41, 5.74) is 7.77. The molecule has 18 heavy (non-hydrogen) atoms. The molecular weight excluding hydrogens is 232 g/mol. The Morgan fingerprint density at radius 2 is 2.17 bits per heavy atom. The number of aromatic amines is 1. The quantitative estimate of drug-likeness (QED) is 0.673. The molecule has 1 aliphatic rings. The predicted molar refractivity (Wildman–Crippen MR) is 66.0 cm³/mol. The monoisotopic (exact) mass is 246 g/mol. The van der Waals surface area contributed by atoms with Gasteiger partial charge in [0, 0.05) is 17.1 Å². The Labute approximate surface area is 104 Å². The average Bonchev–Trinajstić information content (AvgIpc) is 2.92. The number of fused-ring (bicyclic) bond motifs is 1. The predicted octanol–water partition coefficient (Wildman–Crippen LogP) is 0.496. The van der Waals surface area contributed by atoms with Gasteiger partial charge < -0.3 is 20.6 Å². The van der Waals surface area contributed by atoms with E-state index in [9.17, 15) is 9.90 Å². The normalized spacial score (nSPS) is 27.7. The molecule has 1 aliphatic heterocycles. The second kappa shape index (κ2) is 4.12. The molecule has 5 nitrogen and oxygen atoms in total. The highest BCUT2D eigenvalue weighted by atomic mass is 16.6. The number of cyclic esters (lactones) is 1. The molecule has 2 heterocycles. The lowest BCUT2D eigenvalue weighted by Gasteiger charge is -2.16. The van der Waals surface area contributed by atoms with Crippen LogP contribution in [0.5, 0.6) is 0 Å². The minimum absolute atomic E-state index is 0.219. The van der Waals surface area contributed by atoms with E-state index < -0.39 is 18.1 Å². The highest BCUT2D eigenvalue weighted by molar-refractivity contribution is 5.87. The molecule has 0 bridgehead atoms. The number of H-pyrrole nitrogens is 1. The van der Waals surface area contributed by atoms with Crippen LogP contribution in [0, 0.1) is 0 Å². The summed E-state index contributed by atoms with van der Waals surface area (Å²) in [6.07, 6.45) is 1.27. The van der Waals surface area contributed by atoms with Crippen LogP contribution < -0.4 is 5.73 Å². The fourth-order valence-electron chi connectivity index (χ4n) is 2.59. The van der Waals surface area contributed by atoms with E-state index in [0.29, 0.717) is 0 Å². The van der Waals surface area contributed by atoms with Gasteiger partial charge in [-0.05, 0) is 11.6 Å². The minimum Gasteiger partial charge on any atom is -0.458 e. The molecule has 5 heteroatoms. The number of esters is 1. The molecule has 1 aromatic heterocycles. The first kappa shape index (κ1) is 11.3. The van der Waals surface area contributed by atoms with E-state index in [1.54, 1.807) is 0 Å². The standard InChI is InChI=1S/C13H14N2O3/c14-12-11(10(6-16)18-13(12)17)8-5-15-9-4-2-1-3-7(8)9/h1-5,10-12,15-16H,6,14H2/t10-,11?,12?/m1/s1. The topological polar surface area (TPSA) is 88.3 Å². The summed E-state index contributed by atoms with van der Waals surface area (Å²) < 4.78 is 5.08. The van der Waals surface area contributed by atoms with Gasteiger partial charge in [-0.15, -0.1) is 0 Å². The Hall–Kier alpha value is -1.85. The maximum absolute atomic E-state index is 11.5. The van der Waals surface area contributed by atoms with Crippen molar-refractivity contribution in [1.29, 1.82) is 0 Å². The van der Waals surface area contributed by atoms with Crippen LogP contribution in [-0.2, 0) is 9.53 Å². The number of carbonyl (C=O) groups is 1. The molecule has 94 valence electrons. The number of para-hydroxylation sites is 1. The molecule has 2 aromatic rings. The van der Waals surface area contributed by atoms with Crippen molar-refractivity contribution in [3.05, 3.63) is 36.0 Å². The first-order chi connectivity index (χ1) is 8.72. The van der Waals surface area contributed by atoms with Crippen molar-refractivity contribution < 1.29 is 14.6 Å². The van der Waals surface area contributed by atoms with Gasteiger partial charge in [0.05, 0.1) is 12.5 Å². The number of nitrogens with one attached hydrogen (secondary N) is 1. The molecule has 0 radical (unpaired) electrons. The van der Waals surface area contributed by atoms with E-state index in [2.05, 4.69) is 4.98 Å². The van der Waals surface area contributed by atoms with Gasteiger partial charge in [-0.2, -0.15) is 0 Å². The summed E-state index contributed by atoms with van der Waals surface area (Å²) in [6.45, 7) is -0.219. The van der Waals surface area contributed by atoms with Crippen LogP contribution in [0.4, 0.5) is 0 Å². The van der Waals surface area contributed by atoms with Gasteiger partial charge >= 0.3 is 5.97 Å². The largest absolute Gasteiger partial charge is 0.458 e. The van der Waals surface area contributed by atoms with E-state index in [0.717, 1.165) is 16.5 Å². The van der Waals surface area contributed by atoms with Gasteiger partial charge in [-0.25, -0.2) is 0 Å². The van der Waals surface area contributed by atoms with E-state index in [1.807, 2.05) is 30.5 Å². The first-order valence-electron chi connectivity index (χ1n) is 5.85. The summed E-state index contributed by atoms with van der Waals surface area (Å²) in [6, 6.07) is 7.06. The summed E-state index contributed by atoms with van der Waals surface area (Å²) in [4.78, 5) is 14.7. The van der Waals surface area contributed by atoms with Crippen molar-refractivity contribution >= 4 is 16.9 Å². The van der Waals surface area contributed by atoms with Crippen LogP contribution in [0.3, 0.4) is 0 Å². The Morgan fingerprint density at radius 1 is 1.39 bits per heavy atom. The average molecular weight is 246 g/mol. The fraction of sp³-hybridized carbons (Fsp3) is 0.308. The zero-order chi connectivity index (χ0) is 12.7. The summed E-state index contributed by atoms with van der Waals surface area (Å²) in [7, 11) is 0.